The van der Waals surface area contributed by atoms with E-state index in [4.69, 9.17) is 0 Å². The first-order chi connectivity index (χ1) is 12.3. The van der Waals surface area contributed by atoms with E-state index in [1.807, 2.05) is 51.1 Å². The molecule has 0 spiro atoms. The zero-order valence-electron chi connectivity index (χ0n) is 15.3. The van der Waals surface area contributed by atoms with Crippen molar-refractivity contribution >= 4 is 21.4 Å². The number of benzene rings is 2. The van der Waals surface area contributed by atoms with Crippen molar-refractivity contribution in [3.05, 3.63) is 69.7 Å². The molecule has 4 nitrogen and oxygen atoms in total. The zero-order valence-corrected chi connectivity index (χ0v) is 17.0. The van der Waals surface area contributed by atoms with Crippen LogP contribution in [-0.2, 0) is 16.6 Å². The minimum atomic E-state index is -3.56. The largest absolute Gasteiger partial charge is 0.241 e. The van der Waals surface area contributed by atoms with Crippen molar-refractivity contribution in [2.24, 2.45) is 0 Å². The molecule has 3 rings (SSSR count). The summed E-state index contributed by atoms with van der Waals surface area (Å²) in [6, 6.07) is 13.5. The van der Waals surface area contributed by atoms with Gasteiger partial charge < -0.3 is 0 Å². The van der Waals surface area contributed by atoms with Crippen LogP contribution in [0.1, 0.15) is 27.3 Å². The number of hydrogen-bond donors (Lipinski definition) is 1. The highest BCUT2D eigenvalue weighted by atomic mass is 32.2. The minimum absolute atomic E-state index is 0.241. The normalized spacial score (nSPS) is 11.7. The SMILES string of the molecule is Cc1ccc(C)c(S(=O)(=O)NCc2sc(-c3ccccc3C)nc2C)c1. The van der Waals surface area contributed by atoms with Crippen LogP contribution in [0, 0.1) is 27.7 Å². The Hall–Kier alpha value is -2.02. The van der Waals surface area contributed by atoms with Gasteiger partial charge in [0.25, 0.3) is 0 Å². The predicted molar refractivity (Wildman–Crippen MR) is 107 cm³/mol. The van der Waals surface area contributed by atoms with Gasteiger partial charge >= 0.3 is 0 Å². The van der Waals surface area contributed by atoms with Crippen molar-refractivity contribution in [3.63, 3.8) is 0 Å². The number of aromatic nitrogens is 1. The fourth-order valence-electron chi connectivity index (χ4n) is 2.76. The van der Waals surface area contributed by atoms with E-state index < -0.39 is 10.0 Å². The van der Waals surface area contributed by atoms with E-state index in [-0.39, 0.29) is 6.54 Å². The van der Waals surface area contributed by atoms with Gasteiger partial charge in [0.15, 0.2) is 0 Å². The molecule has 136 valence electrons. The summed E-state index contributed by atoms with van der Waals surface area (Å²) in [7, 11) is -3.56. The number of nitrogens with one attached hydrogen (secondary N) is 1. The predicted octanol–water partition coefficient (Wildman–Crippen LogP) is 4.52. The molecule has 6 heteroatoms. The average molecular weight is 387 g/mol. The van der Waals surface area contributed by atoms with Crippen LogP contribution in [-0.4, -0.2) is 13.4 Å². The molecule has 0 bridgehead atoms. The van der Waals surface area contributed by atoms with E-state index >= 15 is 0 Å². The Morgan fingerprint density at radius 2 is 1.73 bits per heavy atom. The van der Waals surface area contributed by atoms with E-state index in [2.05, 4.69) is 22.7 Å². The van der Waals surface area contributed by atoms with Gasteiger partial charge in [-0.2, -0.15) is 0 Å². The third-order valence-electron chi connectivity index (χ3n) is 4.32. The van der Waals surface area contributed by atoms with Crippen molar-refractivity contribution in [1.29, 1.82) is 0 Å². The molecular formula is C20H22N2O2S2. The van der Waals surface area contributed by atoms with Gasteiger partial charge in [0.1, 0.15) is 5.01 Å². The van der Waals surface area contributed by atoms with Crippen LogP contribution in [0.3, 0.4) is 0 Å². The van der Waals surface area contributed by atoms with E-state index in [1.165, 1.54) is 11.3 Å². The first kappa shape index (κ1) is 18.8. The molecule has 0 aliphatic carbocycles. The highest BCUT2D eigenvalue weighted by Crippen LogP contribution is 2.30. The van der Waals surface area contributed by atoms with Gasteiger partial charge in [-0.25, -0.2) is 18.1 Å². The van der Waals surface area contributed by atoms with Crippen LogP contribution in [0.25, 0.3) is 10.6 Å². The molecule has 26 heavy (non-hydrogen) atoms. The van der Waals surface area contributed by atoms with Crippen molar-refractivity contribution in [2.45, 2.75) is 39.1 Å². The van der Waals surface area contributed by atoms with Crippen LogP contribution in [0.4, 0.5) is 0 Å². The van der Waals surface area contributed by atoms with E-state index in [1.54, 1.807) is 6.07 Å². The van der Waals surface area contributed by atoms with Crippen LogP contribution >= 0.6 is 11.3 Å². The van der Waals surface area contributed by atoms with Crippen molar-refractivity contribution < 1.29 is 8.42 Å². The second kappa shape index (κ2) is 7.31. The number of nitrogens with zero attached hydrogens (tertiary/aromatic N) is 1. The number of hydrogen-bond acceptors (Lipinski definition) is 4. The lowest BCUT2D eigenvalue weighted by Crippen LogP contribution is -2.24. The lowest BCUT2D eigenvalue weighted by molar-refractivity contribution is 0.581. The van der Waals surface area contributed by atoms with Gasteiger partial charge in [-0.05, 0) is 50.5 Å². The fourth-order valence-corrected chi connectivity index (χ4v) is 5.26. The molecule has 0 unspecified atom stereocenters. The molecule has 1 aromatic heterocycles. The summed E-state index contributed by atoms with van der Waals surface area (Å²) < 4.78 is 28.1. The number of sulfonamides is 1. The molecule has 1 N–H and O–H groups in total. The molecule has 0 saturated carbocycles. The maximum Gasteiger partial charge on any atom is 0.241 e. The van der Waals surface area contributed by atoms with Crippen LogP contribution in [0.15, 0.2) is 47.4 Å². The second-order valence-corrected chi connectivity index (χ2v) is 9.26. The van der Waals surface area contributed by atoms with Crippen LogP contribution in [0.5, 0.6) is 0 Å². The first-order valence-corrected chi connectivity index (χ1v) is 10.7. The van der Waals surface area contributed by atoms with Crippen LogP contribution < -0.4 is 4.72 Å². The summed E-state index contributed by atoms with van der Waals surface area (Å²) in [5.41, 5.74) is 4.77. The quantitative estimate of drug-likeness (QED) is 0.701. The Morgan fingerprint density at radius 3 is 2.46 bits per heavy atom. The third kappa shape index (κ3) is 3.87. The average Bonchev–Trinajstić information content (AvgIpc) is 2.96. The standard InChI is InChI=1S/C20H22N2O2S2/c1-13-9-10-15(3)19(11-13)26(23,24)21-12-18-16(4)22-20(25-18)17-8-6-5-7-14(17)2/h5-11,21H,12H2,1-4H3. The lowest BCUT2D eigenvalue weighted by atomic mass is 10.1. The molecule has 1 heterocycles. The second-order valence-electron chi connectivity index (χ2n) is 6.44. The van der Waals surface area contributed by atoms with Gasteiger partial charge in [-0.15, -0.1) is 11.3 Å². The Balaban J connectivity index is 1.84. The molecule has 3 aromatic rings. The maximum atomic E-state index is 12.7. The maximum absolute atomic E-state index is 12.7. The molecule has 0 aliphatic heterocycles. The Morgan fingerprint density at radius 1 is 1.00 bits per heavy atom. The van der Waals surface area contributed by atoms with Gasteiger partial charge in [0.2, 0.25) is 10.0 Å². The van der Waals surface area contributed by atoms with E-state index in [0.29, 0.717) is 4.90 Å². The smallest absolute Gasteiger partial charge is 0.241 e. The lowest BCUT2D eigenvalue weighted by Gasteiger charge is -2.09. The molecule has 0 aliphatic rings. The summed E-state index contributed by atoms with van der Waals surface area (Å²) in [5.74, 6) is 0. The number of thiazole rings is 1. The molecule has 0 atom stereocenters. The minimum Gasteiger partial charge on any atom is -0.241 e. The Kier molecular flexibility index (Phi) is 5.27. The highest BCUT2D eigenvalue weighted by Gasteiger charge is 2.18. The summed E-state index contributed by atoms with van der Waals surface area (Å²) in [6.07, 6.45) is 0. The zero-order chi connectivity index (χ0) is 18.9. The molecular weight excluding hydrogens is 364 g/mol. The Bertz CT molecular complexity index is 1050. The van der Waals surface area contributed by atoms with E-state index in [9.17, 15) is 8.42 Å². The van der Waals surface area contributed by atoms with E-state index in [0.717, 1.165) is 37.8 Å². The summed E-state index contributed by atoms with van der Waals surface area (Å²) in [5, 5.41) is 0.918. The fraction of sp³-hybridized carbons (Fsp3) is 0.250. The van der Waals surface area contributed by atoms with Crippen molar-refractivity contribution in [1.82, 2.24) is 9.71 Å². The highest BCUT2D eigenvalue weighted by molar-refractivity contribution is 7.89. The number of aryl methyl sites for hydroxylation is 4. The molecule has 0 saturated heterocycles. The van der Waals surface area contributed by atoms with Crippen molar-refractivity contribution in [3.8, 4) is 10.6 Å². The molecule has 0 amide bonds. The Labute approximate surface area is 159 Å². The third-order valence-corrected chi connectivity index (χ3v) is 7.06. The van der Waals surface area contributed by atoms with Gasteiger partial charge in [-0.1, -0.05) is 36.4 Å². The first-order valence-electron chi connectivity index (χ1n) is 8.37. The summed E-state index contributed by atoms with van der Waals surface area (Å²) in [6.45, 7) is 7.91. The molecule has 0 fully saturated rings. The topological polar surface area (TPSA) is 59.1 Å². The summed E-state index contributed by atoms with van der Waals surface area (Å²) in [4.78, 5) is 5.89. The molecule has 2 aromatic carbocycles. The van der Waals surface area contributed by atoms with Gasteiger partial charge in [-0.3, -0.25) is 0 Å². The monoisotopic (exact) mass is 386 g/mol. The van der Waals surface area contributed by atoms with Crippen LogP contribution in [0.2, 0.25) is 0 Å². The van der Waals surface area contributed by atoms with Gasteiger partial charge in [0.05, 0.1) is 10.6 Å². The summed E-state index contributed by atoms with van der Waals surface area (Å²) >= 11 is 1.53. The number of rotatable bonds is 5. The van der Waals surface area contributed by atoms with Gasteiger partial charge in [0, 0.05) is 17.0 Å². The van der Waals surface area contributed by atoms with Crippen molar-refractivity contribution in [2.75, 3.05) is 0 Å². The molecule has 0 radical (unpaired) electrons.